The van der Waals surface area contributed by atoms with Gasteiger partial charge in [-0.25, -0.2) is 9.97 Å². The molecule has 6 nitrogen and oxygen atoms in total. The van der Waals surface area contributed by atoms with Crippen LogP contribution in [0.15, 0.2) is 6.07 Å². The third kappa shape index (κ3) is 4.92. The average molecular weight is 286 g/mol. The first-order valence-corrected chi connectivity index (χ1v) is 7.04. The summed E-state index contributed by atoms with van der Waals surface area (Å²) in [6, 6.07) is 5.92. The van der Waals surface area contributed by atoms with Gasteiger partial charge in [0.15, 0.2) is 0 Å². The fourth-order valence-corrected chi connectivity index (χ4v) is 1.66. The highest BCUT2D eigenvalue weighted by Gasteiger charge is 2.20. The van der Waals surface area contributed by atoms with Crippen LogP contribution in [0.5, 0.6) is 0 Å². The third-order valence-corrected chi connectivity index (χ3v) is 2.79. The summed E-state index contributed by atoms with van der Waals surface area (Å²) in [4.78, 5) is 10.7. The van der Waals surface area contributed by atoms with Crippen LogP contribution in [0.1, 0.15) is 39.9 Å². The lowest BCUT2D eigenvalue weighted by Gasteiger charge is -2.23. The lowest BCUT2D eigenvalue weighted by atomic mass is 9.96. The highest BCUT2D eigenvalue weighted by Crippen LogP contribution is 2.24. The Morgan fingerprint density at radius 2 is 1.81 bits per heavy atom. The molecule has 0 atom stereocenters. The molecule has 0 radical (unpaired) electrons. The molecule has 1 heterocycles. The van der Waals surface area contributed by atoms with Crippen LogP contribution in [0.3, 0.4) is 0 Å². The van der Waals surface area contributed by atoms with Crippen molar-refractivity contribution < 1.29 is 0 Å². The van der Waals surface area contributed by atoms with Gasteiger partial charge in [0.05, 0.1) is 12.1 Å². The maximum absolute atomic E-state index is 8.90. The smallest absolute Gasteiger partial charge is 0.138 e. The maximum atomic E-state index is 8.90. The molecule has 112 valence electrons. The van der Waals surface area contributed by atoms with Crippen molar-refractivity contribution >= 4 is 11.6 Å². The van der Waals surface area contributed by atoms with E-state index in [9.17, 15) is 0 Å². The SMILES string of the molecule is CCCNc1cc(N(CC#N)CC#N)nc(C(C)(C)C)n1. The minimum atomic E-state index is -0.205. The first-order chi connectivity index (χ1) is 9.92. The molecule has 0 saturated heterocycles. The molecule has 0 aliphatic rings. The average Bonchev–Trinajstić information content (AvgIpc) is 2.43. The standard InChI is InChI=1S/C15H22N6/c1-5-8-18-12-11-13(21(9-6-16)10-7-17)20-14(19-12)15(2,3)4/h11H,5,8-10H2,1-4H3,(H,18,19,20). The minimum Gasteiger partial charge on any atom is -0.370 e. The zero-order valence-corrected chi connectivity index (χ0v) is 13.1. The van der Waals surface area contributed by atoms with Gasteiger partial charge in [0.2, 0.25) is 0 Å². The van der Waals surface area contributed by atoms with Gasteiger partial charge in [0.25, 0.3) is 0 Å². The quantitative estimate of drug-likeness (QED) is 0.808. The Hall–Kier alpha value is -2.34. The van der Waals surface area contributed by atoms with Crippen LogP contribution in [-0.4, -0.2) is 29.6 Å². The van der Waals surface area contributed by atoms with Gasteiger partial charge >= 0.3 is 0 Å². The summed E-state index contributed by atoms with van der Waals surface area (Å²) in [5.41, 5.74) is -0.205. The van der Waals surface area contributed by atoms with Gasteiger partial charge in [-0.05, 0) is 6.42 Å². The summed E-state index contributed by atoms with van der Waals surface area (Å²) in [5.74, 6) is 2.03. The molecule has 1 N–H and O–H groups in total. The molecule has 1 aromatic heterocycles. The van der Waals surface area contributed by atoms with Crippen molar-refractivity contribution in [1.82, 2.24) is 9.97 Å². The van der Waals surface area contributed by atoms with Crippen molar-refractivity contribution in [2.24, 2.45) is 0 Å². The molecule has 6 heteroatoms. The first-order valence-electron chi connectivity index (χ1n) is 7.04. The number of nitrogens with one attached hydrogen (secondary N) is 1. The Balaban J connectivity index is 3.23. The largest absolute Gasteiger partial charge is 0.370 e. The van der Waals surface area contributed by atoms with E-state index in [2.05, 4.69) is 34.3 Å². The molecule has 0 bridgehead atoms. The van der Waals surface area contributed by atoms with E-state index in [-0.39, 0.29) is 18.5 Å². The van der Waals surface area contributed by atoms with Gasteiger partial charge < -0.3 is 10.2 Å². The number of hydrogen-bond donors (Lipinski definition) is 1. The Morgan fingerprint density at radius 1 is 1.19 bits per heavy atom. The molecule has 0 amide bonds. The second kappa shape index (κ2) is 7.44. The number of nitrogens with zero attached hydrogens (tertiary/aromatic N) is 5. The highest BCUT2D eigenvalue weighted by molar-refractivity contribution is 5.51. The summed E-state index contributed by atoms with van der Waals surface area (Å²) in [5, 5.41) is 21.1. The zero-order chi connectivity index (χ0) is 15.9. The Morgan fingerprint density at radius 3 is 2.29 bits per heavy atom. The molecular formula is C15H22N6. The number of rotatable bonds is 6. The number of hydrogen-bond acceptors (Lipinski definition) is 6. The van der Waals surface area contributed by atoms with Gasteiger partial charge in [-0.1, -0.05) is 27.7 Å². The predicted octanol–water partition coefficient (Wildman–Crippen LogP) is 2.45. The molecule has 21 heavy (non-hydrogen) atoms. The van der Waals surface area contributed by atoms with Crippen LogP contribution >= 0.6 is 0 Å². The molecule has 0 aliphatic carbocycles. The molecule has 0 spiro atoms. The molecular weight excluding hydrogens is 264 g/mol. The van der Waals surface area contributed by atoms with Crippen LogP contribution < -0.4 is 10.2 Å². The van der Waals surface area contributed by atoms with E-state index in [1.165, 1.54) is 0 Å². The monoisotopic (exact) mass is 286 g/mol. The van der Waals surface area contributed by atoms with Gasteiger partial charge in [0, 0.05) is 18.0 Å². The minimum absolute atomic E-state index is 0.126. The molecule has 0 unspecified atom stereocenters. The van der Waals surface area contributed by atoms with Crippen LogP contribution in [0, 0.1) is 22.7 Å². The molecule has 0 aliphatic heterocycles. The van der Waals surface area contributed by atoms with Crippen molar-refractivity contribution in [3.63, 3.8) is 0 Å². The summed E-state index contributed by atoms with van der Waals surface area (Å²) in [7, 11) is 0. The van der Waals surface area contributed by atoms with E-state index in [1.54, 1.807) is 11.0 Å². The fourth-order valence-electron chi connectivity index (χ4n) is 1.66. The summed E-state index contributed by atoms with van der Waals surface area (Å²) < 4.78 is 0. The van der Waals surface area contributed by atoms with Gasteiger partial charge in [-0.3, -0.25) is 0 Å². The van der Waals surface area contributed by atoms with E-state index >= 15 is 0 Å². The van der Waals surface area contributed by atoms with Crippen molar-refractivity contribution in [2.45, 2.75) is 39.5 Å². The Labute approximate surface area is 126 Å². The molecule has 0 saturated carbocycles. The second-order valence-electron chi connectivity index (χ2n) is 5.78. The predicted molar refractivity (Wildman–Crippen MR) is 83.0 cm³/mol. The van der Waals surface area contributed by atoms with E-state index < -0.39 is 0 Å². The maximum Gasteiger partial charge on any atom is 0.138 e. The van der Waals surface area contributed by atoms with Crippen molar-refractivity contribution in [1.29, 1.82) is 10.5 Å². The summed E-state index contributed by atoms with van der Waals surface area (Å²) in [6.07, 6.45) is 0.990. The first kappa shape index (κ1) is 16.7. The normalized spacial score (nSPS) is 10.6. The van der Waals surface area contributed by atoms with Crippen molar-refractivity contribution in [2.75, 3.05) is 29.9 Å². The van der Waals surface area contributed by atoms with Crippen LogP contribution in [-0.2, 0) is 5.41 Å². The zero-order valence-electron chi connectivity index (χ0n) is 13.1. The third-order valence-electron chi connectivity index (χ3n) is 2.79. The molecule has 1 rings (SSSR count). The van der Waals surface area contributed by atoms with Crippen molar-refractivity contribution in [3.8, 4) is 12.1 Å². The van der Waals surface area contributed by atoms with Gasteiger partial charge in [0.1, 0.15) is 30.5 Å². The topological polar surface area (TPSA) is 88.6 Å². The Kier molecular flexibility index (Phi) is 5.92. The van der Waals surface area contributed by atoms with E-state index in [1.807, 2.05) is 20.8 Å². The van der Waals surface area contributed by atoms with Gasteiger partial charge in [-0.15, -0.1) is 0 Å². The van der Waals surface area contributed by atoms with Crippen LogP contribution in [0.25, 0.3) is 0 Å². The van der Waals surface area contributed by atoms with Gasteiger partial charge in [-0.2, -0.15) is 10.5 Å². The molecule has 0 aromatic carbocycles. The highest BCUT2D eigenvalue weighted by atomic mass is 15.2. The summed E-state index contributed by atoms with van der Waals surface area (Å²) in [6.45, 7) is 9.26. The number of nitriles is 2. The van der Waals surface area contributed by atoms with E-state index in [0.29, 0.717) is 11.6 Å². The number of aromatic nitrogens is 2. The van der Waals surface area contributed by atoms with Crippen LogP contribution in [0.2, 0.25) is 0 Å². The fraction of sp³-hybridized carbons (Fsp3) is 0.600. The molecule has 1 aromatic rings. The lowest BCUT2D eigenvalue weighted by Crippen LogP contribution is -2.27. The van der Waals surface area contributed by atoms with E-state index in [4.69, 9.17) is 10.5 Å². The lowest BCUT2D eigenvalue weighted by molar-refractivity contribution is 0.545. The second-order valence-corrected chi connectivity index (χ2v) is 5.78. The summed E-state index contributed by atoms with van der Waals surface area (Å²) >= 11 is 0. The van der Waals surface area contributed by atoms with E-state index in [0.717, 1.165) is 18.8 Å². The Bertz CT molecular complexity index is 531. The van der Waals surface area contributed by atoms with Crippen LogP contribution in [0.4, 0.5) is 11.6 Å². The van der Waals surface area contributed by atoms with Crippen molar-refractivity contribution in [3.05, 3.63) is 11.9 Å². The number of anilines is 2. The molecule has 0 fully saturated rings.